The van der Waals surface area contributed by atoms with Crippen LogP contribution >= 0.6 is 11.6 Å². The third-order valence-corrected chi connectivity index (χ3v) is 6.47. The maximum atomic E-state index is 6.36. The van der Waals surface area contributed by atoms with Gasteiger partial charge < -0.3 is 9.72 Å². The molecule has 0 bridgehead atoms. The average molecular weight is 394 g/mol. The van der Waals surface area contributed by atoms with E-state index in [-0.39, 0.29) is 0 Å². The first kappa shape index (κ1) is 17.8. The summed E-state index contributed by atoms with van der Waals surface area (Å²) in [4.78, 5) is 11.0. The number of aromatic amines is 1. The molecule has 1 aliphatic carbocycles. The lowest BCUT2D eigenvalue weighted by molar-refractivity contribution is 0.160. The molecule has 0 amide bonds. The molecule has 1 unspecified atom stereocenters. The van der Waals surface area contributed by atoms with Gasteiger partial charge in [0.25, 0.3) is 0 Å². The molecular weight excluding hydrogens is 370 g/mol. The summed E-state index contributed by atoms with van der Waals surface area (Å²) in [5.41, 5.74) is 6.22. The minimum atomic E-state index is 0.569. The Balaban J connectivity index is 1.36. The van der Waals surface area contributed by atoms with Crippen LogP contribution in [0.3, 0.4) is 0 Å². The molecule has 0 radical (unpaired) electrons. The zero-order chi connectivity index (χ0) is 19.1. The number of hydrogen-bond acceptors (Lipinski definition) is 3. The Morgan fingerprint density at radius 2 is 2.04 bits per heavy atom. The Labute approximate surface area is 170 Å². The summed E-state index contributed by atoms with van der Waals surface area (Å²) in [7, 11) is 1.77. The molecule has 28 heavy (non-hydrogen) atoms. The molecule has 0 saturated carbocycles. The molecule has 0 spiro atoms. The van der Waals surface area contributed by atoms with Gasteiger partial charge in [-0.25, -0.2) is 4.98 Å². The molecule has 144 valence electrons. The maximum absolute atomic E-state index is 6.36. The molecule has 1 aliphatic heterocycles. The number of H-pyrrole nitrogens is 1. The molecule has 0 saturated heterocycles. The van der Waals surface area contributed by atoms with Gasteiger partial charge in [0.05, 0.1) is 23.5 Å². The van der Waals surface area contributed by atoms with Gasteiger partial charge in [0.1, 0.15) is 11.6 Å². The van der Waals surface area contributed by atoms with Crippen LogP contribution in [0.2, 0.25) is 5.02 Å². The Morgan fingerprint density at radius 1 is 1.14 bits per heavy atom. The molecule has 1 atom stereocenters. The summed E-state index contributed by atoms with van der Waals surface area (Å²) in [5.74, 6) is 1.92. The van der Waals surface area contributed by atoms with Gasteiger partial charge in [-0.3, -0.25) is 4.90 Å². The number of nitrogens with one attached hydrogen (secondary N) is 1. The molecule has 4 nitrogen and oxygen atoms in total. The van der Waals surface area contributed by atoms with Crippen molar-refractivity contribution in [2.75, 3.05) is 13.7 Å². The Morgan fingerprint density at radius 3 is 2.89 bits per heavy atom. The van der Waals surface area contributed by atoms with Crippen molar-refractivity contribution < 1.29 is 4.74 Å². The lowest BCUT2D eigenvalue weighted by atomic mass is 9.86. The van der Waals surface area contributed by atoms with Crippen molar-refractivity contribution in [3.63, 3.8) is 0 Å². The summed E-state index contributed by atoms with van der Waals surface area (Å²) in [5, 5.41) is 0.739. The van der Waals surface area contributed by atoms with E-state index in [0.29, 0.717) is 6.04 Å². The molecule has 5 heteroatoms. The molecule has 5 rings (SSSR count). The molecular formula is C23H24ClN3O. The number of halogens is 1. The minimum absolute atomic E-state index is 0.569. The number of aromatic nitrogens is 2. The van der Waals surface area contributed by atoms with E-state index in [9.17, 15) is 0 Å². The van der Waals surface area contributed by atoms with Crippen LogP contribution < -0.4 is 4.74 Å². The number of hydrogen-bond donors (Lipinski definition) is 1. The SMILES string of the molecule is COc1cccc2c1CCC(N1CCc3nc(-c4ccccc4Cl)[nH]c3C1)C2. The quantitative estimate of drug-likeness (QED) is 0.703. The monoisotopic (exact) mass is 393 g/mol. The number of benzene rings is 2. The highest BCUT2D eigenvalue weighted by Gasteiger charge is 2.30. The van der Waals surface area contributed by atoms with Crippen molar-refractivity contribution in [1.82, 2.24) is 14.9 Å². The second-order valence-corrected chi connectivity index (χ2v) is 8.11. The van der Waals surface area contributed by atoms with Crippen molar-refractivity contribution in [3.8, 4) is 17.1 Å². The van der Waals surface area contributed by atoms with Gasteiger partial charge in [0, 0.05) is 31.1 Å². The minimum Gasteiger partial charge on any atom is -0.496 e. The fourth-order valence-electron chi connectivity index (χ4n) is 4.66. The van der Waals surface area contributed by atoms with Crippen LogP contribution in [0.5, 0.6) is 5.75 Å². The van der Waals surface area contributed by atoms with E-state index >= 15 is 0 Å². The summed E-state index contributed by atoms with van der Waals surface area (Å²) in [6, 6.07) is 14.9. The Kier molecular flexibility index (Phi) is 4.61. The van der Waals surface area contributed by atoms with Crippen LogP contribution in [0.4, 0.5) is 0 Å². The zero-order valence-electron chi connectivity index (χ0n) is 16.0. The highest BCUT2D eigenvalue weighted by molar-refractivity contribution is 6.33. The Bertz CT molecular complexity index is 1010. The van der Waals surface area contributed by atoms with E-state index in [0.717, 1.165) is 54.5 Å². The molecule has 2 aromatic carbocycles. The van der Waals surface area contributed by atoms with Gasteiger partial charge in [-0.05, 0) is 48.6 Å². The molecule has 1 aromatic heterocycles. The van der Waals surface area contributed by atoms with Gasteiger partial charge in [-0.2, -0.15) is 0 Å². The van der Waals surface area contributed by atoms with Crippen LogP contribution in [0, 0.1) is 0 Å². The largest absolute Gasteiger partial charge is 0.496 e. The number of nitrogens with zero attached hydrogens (tertiary/aromatic N) is 2. The maximum Gasteiger partial charge on any atom is 0.139 e. The highest BCUT2D eigenvalue weighted by atomic mass is 35.5. The number of fused-ring (bicyclic) bond motifs is 2. The standard InChI is InChI=1S/C23H24ClN3O/c1-28-22-8-4-5-15-13-16(9-10-17(15)22)27-12-11-20-21(14-27)26-23(25-20)18-6-2-3-7-19(18)24/h2-8,16H,9-14H2,1H3,(H,25,26). The molecule has 0 fully saturated rings. The molecule has 2 aliphatic rings. The number of ether oxygens (including phenoxy) is 1. The van der Waals surface area contributed by atoms with Gasteiger partial charge >= 0.3 is 0 Å². The molecule has 3 aromatic rings. The summed E-state index contributed by atoms with van der Waals surface area (Å²) < 4.78 is 5.56. The number of imidazole rings is 1. The molecule has 2 heterocycles. The lowest BCUT2D eigenvalue weighted by Crippen LogP contribution is -2.42. The first-order valence-electron chi connectivity index (χ1n) is 9.94. The first-order valence-corrected chi connectivity index (χ1v) is 10.3. The first-order chi connectivity index (χ1) is 13.7. The van der Waals surface area contributed by atoms with Crippen LogP contribution in [0.25, 0.3) is 11.4 Å². The normalized spacial score (nSPS) is 19.1. The third kappa shape index (κ3) is 3.11. The van der Waals surface area contributed by atoms with E-state index in [4.69, 9.17) is 21.3 Å². The smallest absolute Gasteiger partial charge is 0.139 e. The summed E-state index contributed by atoms with van der Waals surface area (Å²) in [6.45, 7) is 1.99. The van der Waals surface area contributed by atoms with Gasteiger partial charge in [0.2, 0.25) is 0 Å². The number of methoxy groups -OCH3 is 1. The van der Waals surface area contributed by atoms with E-state index in [1.807, 2.05) is 24.3 Å². The predicted molar refractivity (Wildman–Crippen MR) is 112 cm³/mol. The van der Waals surface area contributed by atoms with Crippen LogP contribution in [0.15, 0.2) is 42.5 Å². The fourth-order valence-corrected chi connectivity index (χ4v) is 4.89. The third-order valence-electron chi connectivity index (χ3n) is 6.14. The average Bonchev–Trinajstić information content (AvgIpc) is 3.16. The van der Waals surface area contributed by atoms with Gasteiger partial charge in [-0.15, -0.1) is 0 Å². The van der Waals surface area contributed by atoms with Crippen LogP contribution in [0.1, 0.15) is 28.9 Å². The second kappa shape index (κ2) is 7.26. The van der Waals surface area contributed by atoms with Crippen molar-refractivity contribution >= 4 is 11.6 Å². The van der Waals surface area contributed by atoms with Crippen LogP contribution in [-0.2, 0) is 25.8 Å². The number of rotatable bonds is 3. The van der Waals surface area contributed by atoms with Gasteiger partial charge in [0.15, 0.2) is 0 Å². The van der Waals surface area contributed by atoms with E-state index < -0.39 is 0 Å². The zero-order valence-corrected chi connectivity index (χ0v) is 16.8. The Hall–Kier alpha value is -2.30. The fraction of sp³-hybridized carbons (Fsp3) is 0.348. The van der Waals surface area contributed by atoms with Crippen molar-refractivity contribution in [1.29, 1.82) is 0 Å². The van der Waals surface area contributed by atoms with E-state index in [2.05, 4.69) is 28.1 Å². The molecule has 1 N–H and O–H groups in total. The predicted octanol–water partition coefficient (Wildman–Crippen LogP) is 4.65. The highest BCUT2D eigenvalue weighted by Crippen LogP contribution is 2.34. The van der Waals surface area contributed by atoms with Crippen molar-refractivity contribution in [2.24, 2.45) is 0 Å². The van der Waals surface area contributed by atoms with Crippen molar-refractivity contribution in [3.05, 3.63) is 70.0 Å². The topological polar surface area (TPSA) is 41.1 Å². The van der Waals surface area contributed by atoms with E-state index in [1.54, 1.807) is 7.11 Å². The van der Waals surface area contributed by atoms with Crippen molar-refractivity contribution in [2.45, 2.75) is 38.3 Å². The van der Waals surface area contributed by atoms with E-state index in [1.165, 1.54) is 28.9 Å². The second-order valence-electron chi connectivity index (χ2n) is 7.71. The van der Waals surface area contributed by atoms with Gasteiger partial charge in [-0.1, -0.05) is 35.9 Å². The lowest BCUT2D eigenvalue weighted by Gasteiger charge is -2.37. The summed E-state index contributed by atoms with van der Waals surface area (Å²) >= 11 is 6.36. The summed E-state index contributed by atoms with van der Waals surface area (Å²) in [6.07, 6.45) is 4.33. The van der Waals surface area contributed by atoms with Crippen LogP contribution in [-0.4, -0.2) is 34.6 Å².